The minimum atomic E-state index is -0.166. The van der Waals surface area contributed by atoms with Gasteiger partial charge in [-0.3, -0.25) is 0 Å². The molecule has 0 fully saturated rings. The van der Waals surface area contributed by atoms with Gasteiger partial charge in [-0.15, -0.1) is 0 Å². The molecule has 0 saturated carbocycles. The van der Waals surface area contributed by atoms with E-state index in [1.165, 1.54) is 0 Å². The maximum Gasteiger partial charge on any atom is 0.257 e. The van der Waals surface area contributed by atoms with E-state index in [4.69, 9.17) is 21.9 Å². The lowest BCUT2D eigenvalue weighted by molar-refractivity contribution is 0.413. The Morgan fingerprint density at radius 2 is 2.22 bits per heavy atom. The van der Waals surface area contributed by atoms with Crippen LogP contribution in [0.4, 0.5) is 0 Å². The summed E-state index contributed by atoms with van der Waals surface area (Å²) in [5.41, 5.74) is 7.78. The van der Waals surface area contributed by atoms with E-state index < -0.39 is 0 Å². The molecule has 0 aliphatic carbocycles. The Hall–Kier alpha value is -1.39. The maximum absolute atomic E-state index is 5.98. The van der Waals surface area contributed by atoms with Crippen LogP contribution in [0.1, 0.15) is 37.2 Å². The number of halogens is 1. The Kier molecular flexibility index (Phi) is 3.99. The molecule has 0 aliphatic rings. The molecule has 1 heterocycles. The number of rotatable bonds is 4. The lowest BCUT2D eigenvalue weighted by Crippen LogP contribution is -2.11. The fourth-order valence-electron chi connectivity index (χ4n) is 1.72. The van der Waals surface area contributed by atoms with Gasteiger partial charge in [-0.05, 0) is 37.1 Å². The summed E-state index contributed by atoms with van der Waals surface area (Å²) in [4.78, 5) is 4.32. The lowest BCUT2D eigenvalue weighted by atomic mass is 10.1. The molecule has 0 amide bonds. The van der Waals surface area contributed by atoms with Crippen LogP contribution in [-0.2, 0) is 0 Å². The first-order chi connectivity index (χ1) is 8.61. The van der Waals surface area contributed by atoms with Crippen LogP contribution in [0.15, 0.2) is 22.7 Å². The second kappa shape index (κ2) is 5.50. The van der Waals surface area contributed by atoms with E-state index in [2.05, 4.69) is 17.1 Å². The first kappa shape index (κ1) is 13.1. The molecule has 0 saturated heterocycles. The highest BCUT2D eigenvalue weighted by molar-refractivity contribution is 6.31. The molecule has 96 valence electrons. The smallest absolute Gasteiger partial charge is 0.257 e. The fourth-order valence-corrected chi connectivity index (χ4v) is 1.84. The van der Waals surface area contributed by atoms with Crippen molar-refractivity contribution in [2.24, 2.45) is 5.73 Å². The van der Waals surface area contributed by atoms with E-state index in [-0.39, 0.29) is 6.04 Å². The van der Waals surface area contributed by atoms with Crippen molar-refractivity contribution in [1.29, 1.82) is 0 Å². The van der Waals surface area contributed by atoms with Crippen molar-refractivity contribution in [1.82, 2.24) is 10.1 Å². The Bertz CT molecular complexity index is 539. The molecule has 1 unspecified atom stereocenters. The summed E-state index contributed by atoms with van der Waals surface area (Å²) in [6.07, 6.45) is 1.84. The topological polar surface area (TPSA) is 64.9 Å². The Morgan fingerprint density at radius 3 is 2.89 bits per heavy atom. The molecule has 5 heteroatoms. The van der Waals surface area contributed by atoms with Gasteiger partial charge in [0.05, 0.1) is 6.04 Å². The zero-order valence-corrected chi connectivity index (χ0v) is 11.2. The van der Waals surface area contributed by atoms with Crippen LogP contribution >= 0.6 is 11.6 Å². The first-order valence-electron chi connectivity index (χ1n) is 5.97. The standard InChI is InChI=1S/C13H16ClN3O/c1-3-4-11(15)12-16-13(18-17-12)9-5-6-10(14)8(2)7-9/h5-7,11H,3-4,15H2,1-2H3. The van der Waals surface area contributed by atoms with Crippen molar-refractivity contribution < 1.29 is 4.52 Å². The summed E-state index contributed by atoms with van der Waals surface area (Å²) in [5, 5.41) is 4.64. The lowest BCUT2D eigenvalue weighted by Gasteiger charge is -2.02. The second-order valence-corrected chi connectivity index (χ2v) is 4.72. The van der Waals surface area contributed by atoms with Crippen molar-refractivity contribution in [2.75, 3.05) is 0 Å². The minimum absolute atomic E-state index is 0.166. The van der Waals surface area contributed by atoms with Gasteiger partial charge in [0.1, 0.15) is 0 Å². The van der Waals surface area contributed by atoms with Gasteiger partial charge >= 0.3 is 0 Å². The molecule has 2 rings (SSSR count). The van der Waals surface area contributed by atoms with Crippen molar-refractivity contribution in [3.05, 3.63) is 34.6 Å². The second-order valence-electron chi connectivity index (χ2n) is 4.32. The van der Waals surface area contributed by atoms with Crippen molar-refractivity contribution in [3.8, 4) is 11.5 Å². The molecule has 1 atom stereocenters. The Balaban J connectivity index is 2.26. The van der Waals surface area contributed by atoms with Gasteiger partial charge in [-0.25, -0.2) is 0 Å². The number of aromatic nitrogens is 2. The molecule has 0 aliphatic heterocycles. The number of hydrogen-bond donors (Lipinski definition) is 1. The van der Waals surface area contributed by atoms with Gasteiger partial charge in [0.25, 0.3) is 5.89 Å². The van der Waals surface area contributed by atoms with Gasteiger partial charge in [0, 0.05) is 10.6 Å². The first-order valence-corrected chi connectivity index (χ1v) is 6.35. The van der Waals surface area contributed by atoms with Crippen LogP contribution in [0.3, 0.4) is 0 Å². The monoisotopic (exact) mass is 265 g/mol. The highest BCUT2D eigenvalue weighted by Crippen LogP contribution is 2.24. The molecule has 0 radical (unpaired) electrons. The average molecular weight is 266 g/mol. The third kappa shape index (κ3) is 2.71. The fraction of sp³-hybridized carbons (Fsp3) is 0.385. The molecule has 2 N–H and O–H groups in total. The van der Waals surface area contributed by atoms with Crippen LogP contribution in [0.2, 0.25) is 5.02 Å². The van der Waals surface area contributed by atoms with E-state index in [0.29, 0.717) is 11.7 Å². The SMILES string of the molecule is CCCC(N)c1noc(-c2ccc(Cl)c(C)c2)n1. The third-order valence-electron chi connectivity index (χ3n) is 2.78. The van der Waals surface area contributed by atoms with E-state index in [9.17, 15) is 0 Å². The van der Waals surface area contributed by atoms with E-state index in [1.54, 1.807) is 0 Å². The summed E-state index contributed by atoms with van der Waals surface area (Å²) in [7, 11) is 0. The van der Waals surface area contributed by atoms with Crippen LogP contribution < -0.4 is 5.73 Å². The molecule has 4 nitrogen and oxygen atoms in total. The van der Waals surface area contributed by atoms with Crippen LogP contribution in [-0.4, -0.2) is 10.1 Å². The van der Waals surface area contributed by atoms with Gasteiger partial charge in [0.15, 0.2) is 5.82 Å². The third-order valence-corrected chi connectivity index (χ3v) is 3.20. The molecule has 0 bridgehead atoms. The summed E-state index contributed by atoms with van der Waals surface area (Å²) in [6, 6.07) is 5.44. The summed E-state index contributed by atoms with van der Waals surface area (Å²) in [5.74, 6) is 1.04. The number of aryl methyl sites for hydroxylation is 1. The number of nitrogens with zero attached hydrogens (tertiary/aromatic N) is 2. The maximum atomic E-state index is 5.98. The zero-order chi connectivity index (χ0) is 13.1. The van der Waals surface area contributed by atoms with Crippen LogP contribution in [0.5, 0.6) is 0 Å². The van der Waals surface area contributed by atoms with E-state index >= 15 is 0 Å². The highest BCUT2D eigenvalue weighted by Gasteiger charge is 2.14. The normalized spacial score (nSPS) is 12.7. The van der Waals surface area contributed by atoms with Gasteiger partial charge in [-0.2, -0.15) is 4.98 Å². The summed E-state index contributed by atoms with van der Waals surface area (Å²) >= 11 is 5.98. The van der Waals surface area contributed by atoms with E-state index in [0.717, 1.165) is 29.0 Å². The molecule has 2 aromatic rings. The molecular weight excluding hydrogens is 250 g/mol. The molecule has 18 heavy (non-hydrogen) atoms. The van der Waals surface area contributed by atoms with Gasteiger partial charge in [0.2, 0.25) is 0 Å². The quantitative estimate of drug-likeness (QED) is 0.919. The summed E-state index contributed by atoms with van der Waals surface area (Å²) < 4.78 is 5.23. The summed E-state index contributed by atoms with van der Waals surface area (Å²) in [6.45, 7) is 4.01. The predicted molar refractivity (Wildman–Crippen MR) is 71.3 cm³/mol. The molecule has 1 aromatic carbocycles. The Morgan fingerprint density at radius 1 is 1.44 bits per heavy atom. The van der Waals surface area contributed by atoms with E-state index in [1.807, 2.05) is 25.1 Å². The largest absolute Gasteiger partial charge is 0.334 e. The Labute approximate surface area is 111 Å². The zero-order valence-electron chi connectivity index (χ0n) is 10.5. The van der Waals surface area contributed by atoms with Crippen LogP contribution in [0, 0.1) is 6.92 Å². The molecule has 0 spiro atoms. The van der Waals surface area contributed by atoms with Gasteiger partial charge < -0.3 is 10.3 Å². The van der Waals surface area contributed by atoms with Crippen molar-refractivity contribution >= 4 is 11.6 Å². The molecule has 1 aromatic heterocycles. The number of benzene rings is 1. The highest BCUT2D eigenvalue weighted by atomic mass is 35.5. The minimum Gasteiger partial charge on any atom is -0.334 e. The number of nitrogens with two attached hydrogens (primary N) is 1. The van der Waals surface area contributed by atoms with Crippen molar-refractivity contribution in [3.63, 3.8) is 0 Å². The average Bonchev–Trinajstić information content (AvgIpc) is 2.82. The van der Waals surface area contributed by atoms with Crippen LogP contribution in [0.25, 0.3) is 11.5 Å². The van der Waals surface area contributed by atoms with Gasteiger partial charge in [-0.1, -0.05) is 30.1 Å². The number of hydrogen-bond acceptors (Lipinski definition) is 4. The molecular formula is C13H16ClN3O. The predicted octanol–water partition coefficient (Wildman–Crippen LogP) is 3.50. The van der Waals surface area contributed by atoms with Crippen molar-refractivity contribution in [2.45, 2.75) is 32.7 Å².